The van der Waals surface area contributed by atoms with Crippen LogP contribution in [0.3, 0.4) is 0 Å². The van der Waals surface area contributed by atoms with Gasteiger partial charge in [-0.25, -0.2) is 5.43 Å². The summed E-state index contributed by atoms with van der Waals surface area (Å²) in [5, 5.41) is 13.2. The molecular weight excluding hydrogens is 620 g/mol. The Labute approximate surface area is 207 Å². The van der Waals surface area contributed by atoms with Gasteiger partial charge in [0, 0.05) is 11.1 Å². The SMILES string of the molecule is COc1cc(C(=O)N/N=C\c2ccc(OCc3ccccc3C#N)c(I)c2)ccc1I. The minimum atomic E-state index is -0.322. The molecule has 6 nitrogen and oxygen atoms in total. The standard InChI is InChI=1S/C23H17I2N3O3/c1-30-22-11-16(7-8-19(22)24)23(29)28-27-13-15-6-9-21(20(25)10-15)31-14-18-5-3-2-4-17(18)12-26/h2-11,13H,14H2,1H3,(H,28,29)/b27-13-. The topological polar surface area (TPSA) is 83.7 Å². The van der Waals surface area contributed by atoms with Gasteiger partial charge in [0.05, 0.1) is 32.1 Å². The predicted molar refractivity (Wildman–Crippen MR) is 135 cm³/mol. The molecule has 0 saturated carbocycles. The molecule has 0 aromatic heterocycles. The largest absolute Gasteiger partial charge is 0.496 e. The van der Waals surface area contributed by atoms with E-state index in [1.54, 1.807) is 31.5 Å². The van der Waals surface area contributed by atoms with Crippen LogP contribution in [0.4, 0.5) is 0 Å². The second-order valence-corrected chi connectivity index (χ2v) is 8.62. The number of methoxy groups -OCH3 is 1. The van der Waals surface area contributed by atoms with E-state index in [1.165, 1.54) is 0 Å². The lowest BCUT2D eigenvalue weighted by molar-refractivity contribution is 0.0954. The number of hydrogen-bond donors (Lipinski definition) is 1. The molecule has 0 atom stereocenters. The van der Waals surface area contributed by atoms with Crippen molar-refractivity contribution in [3.63, 3.8) is 0 Å². The van der Waals surface area contributed by atoms with E-state index >= 15 is 0 Å². The number of nitriles is 1. The van der Waals surface area contributed by atoms with Crippen LogP contribution in [0.5, 0.6) is 11.5 Å². The number of nitrogens with zero attached hydrogens (tertiary/aromatic N) is 2. The normalized spacial score (nSPS) is 10.5. The van der Waals surface area contributed by atoms with Crippen LogP contribution in [0.25, 0.3) is 0 Å². The molecule has 0 bridgehead atoms. The highest BCUT2D eigenvalue weighted by Gasteiger charge is 2.09. The van der Waals surface area contributed by atoms with Crippen molar-refractivity contribution >= 4 is 57.3 Å². The first-order chi connectivity index (χ1) is 15.0. The van der Waals surface area contributed by atoms with Gasteiger partial charge in [-0.05, 0) is 93.2 Å². The van der Waals surface area contributed by atoms with E-state index in [4.69, 9.17) is 9.47 Å². The molecule has 8 heteroatoms. The monoisotopic (exact) mass is 637 g/mol. The molecule has 0 spiro atoms. The van der Waals surface area contributed by atoms with E-state index in [2.05, 4.69) is 61.8 Å². The third kappa shape index (κ3) is 6.18. The van der Waals surface area contributed by atoms with Gasteiger partial charge < -0.3 is 9.47 Å². The van der Waals surface area contributed by atoms with Crippen LogP contribution in [-0.4, -0.2) is 19.2 Å². The lowest BCUT2D eigenvalue weighted by atomic mass is 10.1. The first-order valence-corrected chi connectivity index (χ1v) is 11.2. The summed E-state index contributed by atoms with van der Waals surface area (Å²) < 4.78 is 12.9. The van der Waals surface area contributed by atoms with Crippen molar-refractivity contribution in [2.75, 3.05) is 7.11 Å². The Kier molecular flexibility index (Phi) is 8.25. The third-order valence-electron chi connectivity index (χ3n) is 4.27. The van der Waals surface area contributed by atoms with Crippen LogP contribution in [0.1, 0.15) is 27.0 Å². The Hall–Kier alpha value is -2.65. The molecule has 0 aliphatic rings. The van der Waals surface area contributed by atoms with E-state index < -0.39 is 0 Å². The molecule has 0 heterocycles. The molecule has 156 valence electrons. The zero-order valence-corrected chi connectivity index (χ0v) is 20.7. The van der Waals surface area contributed by atoms with Crippen LogP contribution >= 0.6 is 45.2 Å². The van der Waals surface area contributed by atoms with Gasteiger partial charge >= 0.3 is 0 Å². The van der Waals surface area contributed by atoms with E-state index in [0.717, 1.165) is 18.3 Å². The lowest BCUT2D eigenvalue weighted by Crippen LogP contribution is -2.17. The second kappa shape index (κ2) is 11.1. The number of hydrazone groups is 1. The fourth-order valence-electron chi connectivity index (χ4n) is 2.66. The smallest absolute Gasteiger partial charge is 0.271 e. The average Bonchev–Trinajstić information content (AvgIpc) is 2.79. The number of amides is 1. The van der Waals surface area contributed by atoms with Crippen molar-refractivity contribution in [3.05, 3.63) is 90.1 Å². The first-order valence-electron chi connectivity index (χ1n) is 9.09. The van der Waals surface area contributed by atoms with Gasteiger partial charge in [-0.2, -0.15) is 10.4 Å². The molecule has 0 saturated heterocycles. The van der Waals surface area contributed by atoms with Gasteiger partial charge in [-0.3, -0.25) is 4.79 Å². The zero-order valence-electron chi connectivity index (χ0n) is 16.4. The summed E-state index contributed by atoms with van der Waals surface area (Å²) in [5.74, 6) is 1.03. The molecule has 0 unspecified atom stereocenters. The molecule has 0 fully saturated rings. The highest BCUT2D eigenvalue weighted by atomic mass is 127. The van der Waals surface area contributed by atoms with Crippen molar-refractivity contribution in [2.24, 2.45) is 5.10 Å². The van der Waals surface area contributed by atoms with Crippen molar-refractivity contribution in [1.29, 1.82) is 5.26 Å². The van der Waals surface area contributed by atoms with Gasteiger partial charge in [-0.15, -0.1) is 0 Å². The molecule has 0 aliphatic carbocycles. The molecule has 3 aromatic rings. The van der Waals surface area contributed by atoms with Crippen LogP contribution in [0.15, 0.2) is 65.8 Å². The number of hydrogen-bond acceptors (Lipinski definition) is 5. The molecule has 3 rings (SSSR count). The number of rotatable bonds is 7. The Bertz CT molecular complexity index is 1170. The Balaban J connectivity index is 1.61. The van der Waals surface area contributed by atoms with E-state index in [-0.39, 0.29) is 5.91 Å². The van der Waals surface area contributed by atoms with Crippen molar-refractivity contribution in [3.8, 4) is 17.6 Å². The van der Waals surface area contributed by atoms with Gasteiger partial charge in [0.1, 0.15) is 18.1 Å². The Morgan fingerprint density at radius 3 is 2.65 bits per heavy atom. The molecule has 1 N–H and O–H groups in total. The third-order valence-corrected chi connectivity index (χ3v) is 6.00. The zero-order chi connectivity index (χ0) is 22.2. The van der Waals surface area contributed by atoms with E-state index in [0.29, 0.717) is 29.2 Å². The van der Waals surface area contributed by atoms with Crippen LogP contribution in [0.2, 0.25) is 0 Å². The van der Waals surface area contributed by atoms with Crippen LogP contribution in [-0.2, 0) is 6.61 Å². The maximum Gasteiger partial charge on any atom is 0.271 e. The average molecular weight is 637 g/mol. The number of ether oxygens (including phenoxy) is 2. The minimum Gasteiger partial charge on any atom is -0.496 e. The summed E-state index contributed by atoms with van der Waals surface area (Å²) >= 11 is 4.32. The second-order valence-electron chi connectivity index (χ2n) is 6.30. The predicted octanol–water partition coefficient (Wildman–Crippen LogP) is 5.12. The van der Waals surface area contributed by atoms with Crippen molar-refractivity contribution < 1.29 is 14.3 Å². The molecule has 1 amide bonds. The Morgan fingerprint density at radius 2 is 1.90 bits per heavy atom. The van der Waals surface area contributed by atoms with Gasteiger partial charge in [0.25, 0.3) is 5.91 Å². The highest BCUT2D eigenvalue weighted by Crippen LogP contribution is 2.24. The van der Waals surface area contributed by atoms with Crippen LogP contribution in [0, 0.1) is 18.5 Å². The Morgan fingerprint density at radius 1 is 1.10 bits per heavy atom. The van der Waals surface area contributed by atoms with Crippen molar-refractivity contribution in [1.82, 2.24) is 5.43 Å². The van der Waals surface area contributed by atoms with Gasteiger partial charge in [0.2, 0.25) is 0 Å². The van der Waals surface area contributed by atoms with Crippen molar-refractivity contribution in [2.45, 2.75) is 6.61 Å². The summed E-state index contributed by atoms with van der Waals surface area (Å²) in [5.41, 5.74) is 5.23. The fourth-order valence-corrected chi connectivity index (χ4v) is 3.91. The number of halogens is 2. The number of benzene rings is 3. The molecule has 0 radical (unpaired) electrons. The first kappa shape index (κ1) is 23.0. The summed E-state index contributed by atoms with van der Waals surface area (Å²) in [6.45, 7) is 0.308. The summed E-state index contributed by atoms with van der Waals surface area (Å²) in [6, 6.07) is 20.3. The summed E-state index contributed by atoms with van der Waals surface area (Å²) in [6.07, 6.45) is 1.57. The molecule has 31 heavy (non-hydrogen) atoms. The van der Waals surface area contributed by atoms with Crippen LogP contribution < -0.4 is 14.9 Å². The molecule has 0 aliphatic heterocycles. The summed E-state index contributed by atoms with van der Waals surface area (Å²) in [4.78, 5) is 12.3. The number of nitrogens with one attached hydrogen (secondary N) is 1. The minimum absolute atomic E-state index is 0.308. The molecular formula is C23H17I2N3O3. The molecule has 3 aromatic carbocycles. The van der Waals surface area contributed by atoms with E-state index in [1.807, 2.05) is 42.5 Å². The highest BCUT2D eigenvalue weighted by molar-refractivity contribution is 14.1. The maximum absolute atomic E-state index is 12.3. The summed E-state index contributed by atoms with van der Waals surface area (Å²) in [7, 11) is 1.56. The van der Waals surface area contributed by atoms with Gasteiger partial charge in [-0.1, -0.05) is 18.2 Å². The fraction of sp³-hybridized carbons (Fsp3) is 0.0870. The lowest BCUT2D eigenvalue weighted by Gasteiger charge is -2.10. The number of carbonyl (C=O) groups excluding carboxylic acids is 1. The quantitative estimate of drug-likeness (QED) is 0.222. The van der Waals surface area contributed by atoms with Gasteiger partial charge in [0.15, 0.2) is 0 Å². The van der Waals surface area contributed by atoms with E-state index in [9.17, 15) is 10.1 Å². The number of carbonyl (C=O) groups is 1. The maximum atomic E-state index is 12.3.